The Kier molecular flexibility index (Phi) is 4.75. The maximum atomic E-state index is 11.8. The van der Waals surface area contributed by atoms with Crippen molar-refractivity contribution in [1.29, 1.82) is 0 Å². The van der Waals surface area contributed by atoms with E-state index in [1.54, 1.807) is 0 Å². The van der Waals surface area contributed by atoms with E-state index in [-0.39, 0.29) is 6.03 Å². The van der Waals surface area contributed by atoms with Crippen LogP contribution < -0.4 is 10.6 Å². The molecule has 2 aliphatic rings. The number of aromatic nitrogens is 2. The molecule has 116 valence electrons. The fourth-order valence-electron chi connectivity index (χ4n) is 3.12. The average molecular weight is 292 g/mol. The van der Waals surface area contributed by atoms with Crippen molar-refractivity contribution in [3.63, 3.8) is 0 Å². The summed E-state index contributed by atoms with van der Waals surface area (Å²) in [5, 5.41) is 5.89. The van der Waals surface area contributed by atoms with Crippen LogP contribution in [0.1, 0.15) is 31.5 Å². The number of rotatable bonds is 5. The van der Waals surface area contributed by atoms with Crippen LogP contribution in [0.15, 0.2) is 12.4 Å². The quantitative estimate of drug-likeness (QED) is 0.860. The molecule has 1 saturated heterocycles. The molecule has 6 heteroatoms. The van der Waals surface area contributed by atoms with Gasteiger partial charge in [0.25, 0.3) is 0 Å². The van der Waals surface area contributed by atoms with E-state index in [2.05, 4.69) is 20.2 Å². The molecule has 3 rings (SSSR count). The number of nitrogens with one attached hydrogen (secondary N) is 2. The number of amides is 2. The van der Waals surface area contributed by atoms with Crippen LogP contribution in [-0.2, 0) is 17.7 Å². The van der Waals surface area contributed by atoms with Crippen molar-refractivity contribution in [2.45, 2.75) is 44.8 Å². The highest BCUT2D eigenvalue weighted by Crippen LogP contribution is 2.18. The molecule has 0 bridgehead atoms. The predicted molar refractivity (Wildman–Crippen MR) is 79.0 cm³/mol. The molecule has 2 amide bonds. The van der Waals surface area contributed by atoms with Crippen molar-refractivity contribution in [3.8, 4) is 0 Å². The third-order valence-electron chi connectivity index (χ3n) is 4.36. The Labute approximate surface area is 125 Å². The highest BCUT2D eigenvalue weighted by atomic mass is 16.5. The highest BCUT2D eigenvalue weighted by Gasteiger charge is 2.19. The molecule has 0 aromatic carbocycles. The average Bonchev–Trinajstić information content (AvgIpc) is 3.15. The van der Waals surface area contributed by atoms with Gasteiger partial charge in [0.05, 0.1) is 6.10 Å². The van der Waals surface area contributed by atoms with E-state index >= 15 is 0 Å². The molecular formula is C15H24N4O2. The SMILES string of the molecule is O=C(NCCC1CCCO1)NCC1CCc2nccn2C1. The lowest BCUT2D eigenvalue weighted by atomic mass is 9.99. The zero-order chi connectivity index (χ0) is 14.5. The van der Waals surface area contributed by atoms with Crippen LogP contribution in [0.4, 0.5) is 4.79 Å². The lowest BCUT2D eigenvalue weighted by Crippen LogP contribution is -2.40. The van der Waals surface area contributed by atoms with Crippen molar-refractivity contribution in [1.82, 2.24) is 20.2 Å². The van der Waals surface area contributed by atoms with Crippen LogP contribution in [0.25, 0.3) is 0 Å². The van der Waals surface area contributed by atoms with Gasteiger partial charge < -0.3 is 19.9 Å². The van der Waals surface area contributed by atoms with Gasteiger partial charge in [-0.3, -0.25) is 0 Å². The predicted octanol–water partition coefficient (Wildman–Crippen LogP) is 1.31. The van der Waals surface area contributed by atoms with Gasteiger partial charge >= 0.3 is 6.03 Å². The topological polar surface area (TPSA) is 68.2 Å². The van der Waals surface area contributed by atoms with Crippen molar-refractivity contribution >= 4 is 6.03 Å². The molecule has 0 radical (unpaired) electrons. The number of urea groups is 1. The summed E-state index contributed by atoms with van der Waals surface area (Å²) >= 11 is 0. The second-order valence-electron chi connectivity index (χ2n) is 5.96. The second-order valence-corrected chi connectivity index (χ2v) is 5.96. The van der Waals surface area contributed by atoms with Crippen molar-refractivity contribution in [2.75, 3.05) is 19.7 Å². The van der Waals surface area contributed by atoms with Crippen LogP contribution in [-0.4, -0.2) is 41.4 Å². The minimum atomic E-state index is -0.0653. The Morgan fingerprint density at radius 3 is 3.24 bits per heavy atom. The number of carbonyl (C=O) groups excluding carboxylic acids is 1. The van der Waals surface area contributed by atoms with Gasteiger partial charge in [-0.2, -0.15) is 0 Å². The number of aryl methyl sites for hydroxylation is 1. The summed E-state index contributed by atoms with van der Waals surface area (Å²) in [7, 11) is 0. The lowest BCUT2D eigenvalue weighted by molar-refractivity contribution is 0.104. The number of ether oxygens (including phenoxy) is 1. The first-order valence-corrected chi connectivity index (χ1v) is 7.94. The maximum absolute atomic E-state index is 11.8. The van der Waals surface area contributed by atoms with Gasteiger partial charge in [0.1, 0.15) is 5.82 Å². The molecule has 0 aliphatic carbocycles. The summed E-state index contributed by atoms with van der Waals surface area (Å²) < 4.78 is 7.72. The summed E-state index contributed by atoms with van der Waals surface area (Å²) in [5.74, 6) is 1.66. The van der Waals surface area contributed by atoms with E-state index in [1.807, 2.05) is 12.4 Å². The Morgan fingerprint density at radius 2 is 2.38 bits per heavy atom. The minimum Gasteiger partial charge on any atom is -0.378 e. The molecular weight excluding hydrogens is 268 g/mol. The zero-order valence-corrected chi connectivity index (χ0v) is 12.4. The van der Waals surface area contributed by atoms with Gasteiger partial charge in [-0.05, 0) is 31.6 Å². The molecule has 1 fully saturated rings. The Hall–Kier alpha value is -1.56. The van der Waals surface area contributed by atoms with Gasteiger partial charge in [0.15, 0.2) is 0 Å². The van der Waals surface area contributed by atoms with Crippen LogP contribution in [0, 0.1) is 5.92 Å². The van der Waals surface area contributed by atoms with E-state index in [0.29, 0.717) is 18.6 Å². The van der Waals surface area contributed by atoms with Crippen molar-refractivity contribution in [3.05, 3.63) is 18.2 Å². The molecule has 1 aromatic rings. The fourth-order valence-corrected chi connectivity index (χ4v) is 3.12. The summed E-state index contributed by atoms with van der Waals surface area (Å²) in [4.78, 5) is 16.1. The number of hydrogen-bond acceptors (Lipinski definition) is 3. The van der Waals surface area contributed by atoms with Gasteiger partial charge in [-0.25, -0.2) is 9.78 Å². The standard InChI is InChI=1S/C15H24N4O2/c20-15(17-6-5-13-2-1-9-21-13)18-10-12-3-4-14-16-7-8-19(14)11-12/h7-8,12-13H,1-6,9-11H2,(H2,17,18,20). The van der Waals surface area contributed by atoms with E-state index in [0.717, 1.165) is 57.6 Å². The number of carbonyl (C=O) groups is 1. The summed E-state index contributed by atoms with van der Waals surface area (Å²) in [6.45, 7) is 3.23. The van der Waals surface area contributed by atoms with Gasteiger partial charge in [0, 0.05) is 45.1 Å². The monoisotopic (exact) mass is 292 g/mol. The number of hydrogen-bond donors (Lipinski definition) is 2. The molecule has 2 unspecified atom stereocenters. The minimum absolute atomic E-state index is 0.0653. The van der Waals surface area contributed by atoms with Crippen LogP contribution in [0.5, 0.6) is 0 Å². The largest absolute Gasteiger partial charge is 0.378 e. The smallest absolute Gasteiger partial charge is 0.314 e. The first-order valence-electron chi connectivity index (χ1n) is 7.94. The van der Waals surface area contributed by atoms with Gasteiger partial charge in [-0.15, -0.1) is 0 Å². The fraction of sp³-hybridized carbons (Fsp3) is 0.733. The molecule has 6 nitrogen and oxygen atoms in total. The lowest BCUT2D eigenvalue weighted by Gasteiger charge is -2.24. The summed E-state index contributed by atoms with van der Waals surface area (Å²) in [6, 6.07) is -0.0653. The molecule has 0 spiro atoms. The Morgan fingerprint density at radius 1 is 1.43 bits per heavy atom. The highest BCUT2D eigenvalue weighted by molar-refractivity contribution is 5.73. The van der Waals surface area contributed by atoms with Crippen LogP contribution in [0.3, 0.4) is 0 Å². The Balaban J connectivity index is 1.31. The Bertz CT molecular complexity index is 468. The maximum Gasteiger partial charge on any atom is 0.314 e. The first kappa shape index (κ1) is 14.4. The van der Waals surface area contributed by atoms with E-state index in [9.17, 15) is 4.79 Å². The number of nitrogens with zero attached hydrogens (tertiary/aromatic N) is 2. The number of imidazole rings is 1. The normalized spacial score (nSPS) is 24.6. The molecule has 1 aromatic heterocycles. The molecule has 0 saturated carbocycles. The van der Waals surface area contributed by atoms with E-state index in [1.165, 1.54) is 0 Å². The van der Waals surface area contributed by atoms with Crippen LogP contribution >= 0.6 is 0 Å². The third-order valence-corrected chi connectivity index (χ3v) is 4.36. The molecule has 21 heavy (non-hydrogen) atoms. The second kappa shape index (κ2) is 6.93. The van der Waals surface area contributed by atoms with Gasteiger partial charge in [0.2, 0.25) is 0 Å². The van der Waals surface area contributed by atoms with E-state index in [4.69, 9.17) is 4.74 Å². The van der Waals surface area contributed by atoms with Crippen LogP contribution in [0.2, 0.25) is 0 Å². The first-order chi connectivity index (χ1) is 10.3. The molecule has 3 heterocycles. The molecule has 2 aliphatic heterocycles. The van der Waals surface area contributed by atoms with Gasteiger partial charge in [-0.1, -0.05) is 0 Å². The summed E-state index contributed by atoms with van der Waals surface area (Å²) in [6.07, 6.45) is 9.48. The third kappa shape index (κ3) is 3.97. The van der Waals surface area contributed by atoms with Crippen molar-refractivity contribution < 1.29 is 9.53 Å². The van der Waals surface area contributed by atoms with Crippen molar-refractivity contribution in [2.24, 2.45) is 5.92 Å². The zero-order valence-electron chi connectivity index (χ0n) is 12.4. The number of fused-ring (bicyclic) bond motifs is 1. The molecule has 2 atom stereocenters. The summed E-state index contributed by atoms with van der Waals surface area (Å²) in [5.41, 5.74) is 0. The van der Waals surface area contributed by atoms with E-state index < -0.39 is 0 Å². The molecule has 2 N–H and O–H groups in total.